The van der Waals surface area contributed by atoms with E-state index >= 15 is 0 Å². The van der Waals surface area contributed by atoms with Gasteiger partial charge in [-0.05, 0) is 31.7 Å². The van der Waals surface area contributed by atoms with Crippen LogP contribution >= 0.6 is 0 Å². The monoisotopic (exact) mass is 216 g/mol. The molecule has 0 amide bonds. The van der Waals surface area contributed by atoms with E-state index in [0.717, 1.165) is 11.6 Å². The lowest BCUT2D eigenvalue weighted by Gasteiger charge is -1.84. The SMILES string of the molecule is c1c(-c2noc(C3CC3)n2)n[nH]c1C1CC1. The Hall–Kier alpha value is -1.65. The minimum absolute atomic E-state index is 0.503. The van der Waals surface area contributed by atoms with Crippen LogP contribution in [-0.2, 0) is 0 Å². The number of nitrogens with one attached hydrogen (secondary N) is 1. The highest BCUT2D eigenvalue weighted by Gasteiger charge is 2.30. The molecule has 2 fully saturated rings. The van der Waals surface area contributed by atoms with Crippen LogP contribution in [0.5, 0.6) is 0 Å². The van der Waals surface area contributed by atoms with Crippen LogP contribution in [0.2, 0.25) is 0 Å². The van der Waals surface area contributed by atoms with Crippen molar-refractivity contribution in [3.05, 3.63) is 17.7 Å². The van der Waals surface area contributed by atoms with Crippen molar-refractivity contribution in [2.75, 3.05) is 0 Å². The van der Waals surface area contributed by atoms with Gasteiger partial charge in [0.25, 0.3) is 0 Å². The van der Waals surface area contributed by atoms with Gasteiger partial charge in [-0.25, -0.2) is 0 Å². The smallest absolute Gasteiger partial charge is 0.230 e. The molecule has 0 unspecified atom stereocenters. The van der Waals surface area contributed by atoms with Crippen molar-refractivity contribution in [2.24, 2.45) is 0 Å². The molecule has 0 aromatic carbocycles. The van der Waals surface area contributed by atoms with Gasteiger partial charge in [0.2, 0.25) is 11.7 Å². The largest absolute Gasteiger partial charge is 0.339 e. The van der Waals surface area contributed by atoms with E-state index < -0.39 is 0 Å². The average Bonchev–Trinajstić information content (AvgIpc) is 3.23. The van der Waals surface area contributed by atoms with Crippen molar-refractivity contribution in [3.8, 4) is 11.5 Å². The summed E-state index contributed by atoms with van der Waals surface area (Å²) in [5.74, 6) is 2.56. The Morgan fingerprint density at radius 2 is 2.00 bits per heavy atom. The molecule has 2 aliphatic rings. The lowest BCUT2D eigenvalue weighted by Crippen LogP contribution is -1.81. The lowest BCUT2D eigenvalue weighted by molar-refractivity contribution is 0.380. The van der Waals surface area contributed by atoms with Gasteiger partial charge >= 0.3 is 0 Å². The van der Waals surface area contributed by atoms with Crippen LogP contribution < -0.4 is 0 Å². The number of nitrogens with zero attached hydrogens (tertiary/aromatic N) is 3. The van der Waals surface area contributed by atoms with Gasteiger partial charge in [0.05, 0.1) is 0 Å². The summed E-state index contributed by atoms with van der Waals surface area (Å²) in [6, 6.07) is 2.04. The highest BCUT2D eigenvalue weighted by atomic mass is 16.5. The third kappa shape index (κ3) is 1.35. The molecule has 0 spiro atoms. The first-order valence-corrected chi connectivity index (χ1v) is 5.79. The molecular formula is C11H12N4O. The molecule has 82 valence electrons. The summed E-state index contributed by atoms with van der Waals surface area (Å²) in [5, 5.41) is 11.3. The molecule has 0 radical (unpaired) electrons. The second kappa shape index (κ2) is 2.93. The molecule has 1 N–H and O–H groups in total. The first-order valence-electron chi connectivity index (χ1n) is 5.79. The summed E-state index contributed by atoms with van der Waals surface area (Å²) in [7, 11) is 0. The third-order valence-corrected chi connectivity index (χ3v) is 3.21. The van der Waals surface area contributed by atoms with E-state index in [1.165, 1.54) is 31.4 Å². The molecular weight excluding hydrogens is 204 g/mol. The van der Waals surface area contributed by atoms with E-state index in [1.807, 2.05) is 6.07 Å². The molecule has 0 bridgehead atoms. The molecule has 0 aliphatic heterocycles. The van der Waals surface area contributed by atoms with Gasteiger partial charge in [0.1, 0.15) is 5.69 Å². The molecule has 5 nitrogen and oxygen atoms in total. The maximum Gasteiger partial charge on any atom is 0.230 e. The Morgan fingerprint density at radius 3 is 2.75 bits per heavy atom. The Morgan fingerprint density at radius 1 is 1.19 bits per heavy atom. The van der Waals surface area contributed by atoms with Gasteiger partial charge < -0.3 is 4.52 Å². The second-order valence-corrected chi connectivity index (χ2v) is 4.71. The van der Waals surface area contributed by atoms with Crippen molar-refractivity contribution in [1.29, 1.82) is 0 Å². The molecule has 16 heavy (non-hydrogen) atoms. The average molecular weight is 216 g/mol. The Balaban J connectivity index is 1.65. The number of H-pyrrole nitrogens is 1. The maximum atomic E-state index is 5.21. The Labute approximate surface area is 92.2 Å². The highest BCUT2D eigenvalue weighted by Crippen LogP contribution is 2.41. The van der Waals surface area contributed by atoms with E-state index in [9.17, 15) is 0 Å². The zero-order valence-corrected chi connectivity index (χ0v) is 8.81. The van der Waals surface area contributed by atoms with Crippen LogP contribution in [0.25, 0.3) is 11.5 Å². The minimum Gasteiger partial charge on any atom is -0.339 e. The van der Waals surface area contributed by atoms with E-state index in [0.29, 0.717) is 17.7 Å². The van der Waals surface area contributed by atoms with Crippen molar-refractivity contribution < 1.29 is 4.52 Å². The number of rotatable bonds is 3. The Kier molecular flexibility index (Phi) is 1.56. The summed E-state index contributed by atoms with van der Waals surface area (Å²) in [4.78, 5) is 4.38. The molecule has 2 heterocycles. The predicted molar refractivity (Wildman–Crippen MR) is 55.8 cm³/mol. The van der Waals surface area contributed by atoms with Gasteiger partial charge in [0, 0.05) is 17.5 Å². The number of aromatic nitrogens is 4. The summed E-state index contributed by atoms with van der Waals surface area (Å²) in [6.07, 6.45) is 4.88. The molecule has 2 aromatic heterocycles. The molecule has 0 atom stereocenters. The predicted octanol–water partition coefficient (Wildman–Crippen LogP) is 2.21. The lowest BCUT2D eigenvalue weighted by atomic mass is 10.2. The van der Waals surface area contributed by atoms with Crippen molar-refractivity contribution in [3.63, 3.8) is 0 Å². The maximum absolute atomic E-state index is 5.21. The van der Waals surface area contributed by atoms with Crippen molar-refractivity contribution in [2.45, 2.75) is 37.5 Å². The summed E-state index contributed by atoms with van der Waals surface area (Å²) in [5.41, 5.74) is 2.00. The fourth-order valence-corrected chi connectivity index (χ4v) is 1.89. The number of aromatic amines is 1. The van der Waals surface area contributed by atoms with Gasteiger partial charge in [-0.3, -0.25) is 5.10 Å². The van der Waals surface area contributed by atoms with Gasteiger partial charge in [-0.1, -0.05) is 5.16 Å². The van der Waals surface area contributed by atoms with Crippen LogP contribution in [0.15, 0.2) is 10.6 Å². The Bertz CT molecular complexity index is 473. The molecule has 2 aromatic rings. The van der Waals surface area contributed by atoms with E-state index in [2.05, 4.69) is 20.3 Å². The third-order valence-electron chi connectivity index (χ3n) is 3.21. The van der Waals surface area contributed by atoms with Crippen LogP contribution in [0.3, 0.4) is 0 Å². The number of hydrogen-bond donors (Lipinski definition) is 1. The quantitative estimate of drug-likeness (QED) is 0.854. The summed E-state index contributed by atoms with van der Waals surface area (Å²) >= 11 is 0. The van der Waals surface area contributed by atoms with Crippen molar-refractivity contribution in [1.82, 2.24) is 20.3 Å². The molecule has 2 saturated carbocycles. The van der Waals surface area contributed by atoms with E-state index in [4.69, 9.17) is 4.52 Å². The second-order valence-electron chi connectivity index (χ2n) is 4.71. The first kappa shape index (κ1) is 8.50. The van der Waals surface area contributed by atoms with Crippen LogP contribution in [0.4, 0.5) is 0 Å². The van der Waals surface area contributed by atoms with Crippen LogP contribution in [-0.4, -0.2) is 20.3 Å². The highest BCUT2D eigenvalue weighted by molar-refractivity contribution is 5.49. The summed E-state index contributed by atoms with van der Waals surface area (Å²) in [6.45, 7) is 0. The van der Waals surface area contributed by atoms with Crippen LogP contribution in [0.1, 0.15) is 49.1 Å². The fraction of sp³-hybridized carbons (Fsp3) is 0.545. The fourth-order valence-electron chi connectivity index (χ4n) is 1.89. The molecule has 4 rings (SSSR count). The number of hydrogen-bond acceptors (Lipinski definition) is 4. The standard InChI is InChI=1S/C11H12N4O/c1-2-6(1)8-5-9(14-13-8)10-12-11(16-15-10)7-3-4-7/h5-7H,1-4H2,(H,13,14). The summed E-state index contributed by atoms with van der Waals surface area (Å²) < 4.78 is 5.21. The van der Waals surface area contributed by atoms with Gasteiger partial charge in [0.15, 0.2) is 0 Å². The van der Waals surface area contributed by atoms with Crippen molar-refractivity contribution >= 4 is 0 Å². The molecule has 0 saturated heterocycles. The zero-order valence-electron chi connectivity index (χ0n) is 8.81. The molecule has 2 aliphatic carbocycles. The van der Waals surface area contributed by atoms with E-state index in [1.54, 1.807) is 0 Å². The normalized spacial score (nSPS) is 20.2. The zero-order chi connectivity index (χ0) is 10.5. The van der Waals surface area contributed by atoms with Gasteiger partial charge in [-0.2, -0.15) is 10.1 Å². The topological polar surface area (TPSA) is 67.6 Å². The van der Waals surface area contributed by atoms with Gasteiger partial charge in [-0.15, -0.1) is 0 Å². The minimum atomic E-state index is 0.503. The molecule has 5 heteroatoms. The van der Waals surface area contributed by atoms with Crippen LogP contribution in [0, 0.1) is 0 Å². The van der Waals surface area contributed by atoms with E-state index in [-0.39, 0.29) is 0 Å². The first-order chi connectivity index (χ1) is 7.90.